The first-order chi connectivity index (χ1) is 9.68. The van der Waals surface area contributed by atoms with Crippen LogP contribution in [0.5, 0.6) is 0 Å². The number of halogens is 2. The molecule has 0 saturated carbocycles. The molecule has 116 valence electrons. The fourth-order valence-electron chi connectivity index (χ4n) is 2.56. The van der Waals surface area contributed by atoms with E-state index in [0.29, 0.717) is 12.2 Å². The minimum atomic E-state index is -1.07. The van der Waals surface area contributed by atoms with Gasteiger partial charge in [-0.25, -0.2) is 13.6 Å². The fraction of sp³-hybridized carbons (Fsp3) is 0.533. The molecule has 2 rings (SSSR count). The molecule has 6 heteroatoms. The van der Waals surface area contributed by atoms with E-state index in [1.54, 1.807) is 20.8 Å². The monoisotopic (exact) mass is 299 g/mol. The molecule has 1 saturated heterocycles. The highest BCUT2D eigenvalue weighted by atomic mass is 19.1. The Morgan fingerprint density at radius 2 is 1.90 bits per heavy atom. The van der Waals surface area contributed by atoms with Gasteiger partial charge in [0.25, 0.3) is 0 Å². The summed E-state index contributed by atoms with van der Waals surface area (Å²) >= 11 is 0. The van der Waals surface area contributed by atoms with Crippen LogP contribution in [-0.4, -0.2) is 40.4 Å². The molecule has 0 bridgehead atoms. The van der Waals surface area contributed by atoms with Crippen LogP contribution in [0.15, 0.2) is 18.2 Å². The van der Waals surface area contributed by atoms with Gasteiger partial charge in [-0.05, 0) is 44.9 Å². The van der Waals surface area contributed by atoms with E-state index in [-0.39, 0.29) is 12.5 Å². The summed E-state index contributed by atoms with van der Waals surface area (Å²) in [5, 5.41) is 9.47. The normalized spacial score (nSPS) is 19.2. The van der Waals surface area contributed by atoms with E-state index in [0.717, 1.165) is 6.07 Å². The van der Waals surface area contributed by atoms with E-state index in [4.69, 9.17) is 4.74 Å². The van der Waals surface area contributed by atoms with Crippen LogP contribution in [0.1, 0.15) is 26.3 Å². The van der Waals surface area contributed by atoms with Gasteiger partial charge in [0.15, 0.2) is 0 Å². The second-order valence-corrected chi connectivity index (χ2v) is 6.24. The van der Waals surface area contributed by atoms with Gasteiger partial charge in [-0.3, -0.25) is 4.90 Å². The van der Waals surface area contributed by atoms with Gasteiger partial charge in [-0.1, -0.05) is 0 Å². The molecule has 1 fully saturated rings. The van der Waals surface area contributed by atoms with Crippen LogP contribution in [0.25, 0.3) is 0 Å². The van der Waals surface area contributed by atoms with E-state index in [1.165, 1.54) is 17.0 Å². The molecule has 21 heavy (non-hydrogen) atoms. The first-order valence-corrected chi connectivity index (χ1v) is 6.77. The van der Waals surface area contributed by atoms with E-state index in [1.807, 2.05) is 0 Å². The van der Waals surface area contributed by atoms with Gasteiger partial charge < -0.3 is 9.84 Å². The number of carboxylic acid groups (broad SMARTS) is 1. The molecule has 0 radical (unpaired) electrons. The maximum Gasteiger partial charge on any atom is 0.408 e. The van der Waals surface area contributed by atoms with Gasteiger partial charge >= 0.3 is 6.09 Å². The highest BCUT2D eigenvalue weighted by Gasteiger charge is 2.43. The quantitative estimate of drug-likeness (QED) is 0.869. The van der Waals surface area contributed by atoms with Crippen LogP contribution in [0.3, 0.4) is 0 Å². The van der Waals surface area contributed by atoms with Crippen molar-refractivity contribution in [2.45, 2.75) is 44.9 Å². The van der Waals surface area contributed by atoms with Gasteiger partial charge in [0.1, 0.15) is 17.7 Å². The van der Waals surface area contributed by atoms with Crippen LogP contribution in [-0.2, 0) is 11.2 Å². The zero-order valence-corrected chi connectivity index (χ0v) is 12.3. The molecule has 1 amide bonds. The third kappa shape index (κ3) is 3.91. The van der Waals surface area contributed by atoms with Gasteiger partial charge in [-0.15, -0.1) is 0 Å². The summed E-state index contributed by atoms with van der Waals surface area (Å²) < 4.78 is 31.8. The number of benzene rings is 1. The smallest absolute Gasteiger partial charge is 0.408 e. The molecule has 0 aromatic heterocycles. The summed E-state index contributed by atoms with van der Waals surface area (Å²) in [6.45, 7) is 5.80. The lowest BCUT2D eigenvalue weighted by Gasteiger charge is -2.39. The topological polar surface area (TPSA) is 53.1 Å². The molecule has 1 unspecified atom stereocenters. The van der Waals surface area contributed by atoms with Crippen molar-refractivity contribution >= 4 is 6.09 Å². The van der Waals surface area contributed by atoms with Crippen LogP contribution in [0.4, 0.5) is 13.6 Å². The van der Waals surface area contributed by atoms with Crippen molar-refractivity contribution in [2.75, 3.05) is 6.61 Å². The highest BCUT2D eigenvalue weighted by molar-refractivity contribution is 5.66. The number of nitrogens with zero attached hydrogens (tertiary/aromatic N) is 1. The summed E-state index contributed by atoms with van der Waals surface area (Å²) in [5.74, 6) is -1.34. The van der Waals surface area contributed by atoms with Crippen LogP contribution < -0.4 is 0 Å². The number of hydrogen-bond donors (Lipinski definition) is 1. The van der Waals surface area contributed by atoms with Crippen molar-refractivity contribution in [1.29, 1.82) is 0 Å². The predicted octanol–water partition coefficient (Wildman–Crippen LogP) is 3.05. The molecule has 1 heterocycles. The number of ether oxygens (including phenoxy) is 1. The second-order valence-electron chi connectivity index (χ2n) is 6.24. The molecule has 4 nitrogen and oxygen atoms in total. The Kier molecular flexibility index (Phi) is 4.18. The maximum absolute atomic E-state index is 13.3. The predicted molar refractivity (Wildman–Crippen MR) is 73.2 cm³/mol. The zero-order chi connectivity index (χ0) is 15.8. The first kappa shape index (κ1) is 15.7. The average Bonchev–Trinajstić information content (AvgIpc) is 3.07. The lowest BCUT2D eigenvalue weighted by Crippen LogP contribution is -2.54. The van der Waals surface area contributed by atoms with Crippen molar-refractivity contribution in [3.63, 3.8) is 0 Å². The van der Waals surface area contributed by atoms with E-state index in [9.17, 15) is 18.7 Å². The molecular weight excluding hydrogens is 280 g/mol. The van der Waals surface area contributed by atoms with Crippen molar-refractivity contribution in [1.82, 2.24) is 4.90 Å². The Morgan fingerprint density at radius 3 is 2.29 bits per heavy atom. The van der Waals surface area contributed by atoms with Gasteiger partial charge in [0, 0.05) is 11.6 Å². The molecule has 1 aromatic rings. The molecule has 1 aliphatic rings. The molecular formula is C15H19F2NO3. The summed E-state index contributed by atoms with van der Waals surface area (Å²) in [4.78, 5) is 12.9. The number of amides is 1. The average molecular weight is 299 g/mol. The molecule has 1 aliphatic heterocycles. The third-order valence-corrected chi connectivity index (χ3v) is 3.42. The standard InChI is InChI=1S/C15H19F2NO3/c1-15(2,3)18(14(19)20)12(13-8-21-13)6-9-4-10(16)7-11(17)5-9/h4-5,7,12-13H,6,8H2,1-3H3,(H,19,20)/t12-,13?/m0/s1. The maximum atomic E-state index is 13.3. The molecule has 1 aromatic carbocycles. The third-order valence-electron chi connectivity index (χ3n) is 3.42. The number of epoxide rings is 1. The van der Waals surface area contributed by atoms with Gasteiger partial charge in [0.2, 0.25) is 0 Å². The van der Waals surface area contributed by atoms with Gasteiger partial charge in [0.05, 0.1) is 12.6 Å². The largest absolute Gasteiger partial charge is 0.465 e. The number of rotatable bonds is 4. The minimum Gasteiger partial charge on any atom is -0.465 e. The Bertz CT molecular complexity index is 518. The molecule has 2 atom stereocenters. The lowest BCUT2D eigenvalue weighted by atomic mass is 9.96. The Balaban J connectivity index is 2.28. The minimum absolute atomic E-state index is 0.211. The Hall–Kier alpha value is -1.69. The summed E-state index contributed by atoms with van der Waals surface area (Å²) in [6.07, 6.45) is -1.09. The Morgan fingerprint density at radius 1 is 1.38 bits per heavy atom. The van der Waals surface area contributed by atoms with Gasteiger partial charge in [-0.2, -0.15) is 0 Å². The Labute approximate surface area is 122 Å². The fourth-order valence-corrected chi connectivity index (χ4v) is 2.56. The van der Waals surface area contributed by atoms with Crippen molar-refractivity contribution in [3.05, 3.63) is 35.4 Å². The summed E-state index contributed by atoms with van der Waals surface area (Å²) in [5.41, 5.74) is -0.211. The van der Waals surface area contributed by atoms with Crippen LogP contribution in [0, 0.1) is 11.6 Å². The highest BCUT2D eigenvalue weighted by Crippen LogP contribution is 2.29. The molecule has 0 aliphatic carbocycles. The van der Waals surface area contributed by atoms with E-state index in [2.05, 4.69) is 0 Å². The molecule has 1 N–H and O–H groups in total. The number of carbonyl (C=O) groups is 1. The van der Waals surface area contributed by atoms with Crippen LogP contribution in [0.2, 0.25) is 0 Å². The lowest BCUT2D eigenvalue weighted by molar-refractivity contribution is 0.0594. The first-order valence-electron chi connectivity index (χ1n) is 6.77. The van der Waals surface area contributed by atoms with Crippen LogP contribution >= 0.6 is 0 Å². The second kappa shape index (κ2) is 5.60. The number of hydrogen-bond acceptors (Lipinski definition) is 2. The molecule has 0 spiro atoms. The van der Waals surface area contributed by atoms with E-state index >= 15 is 0 Å². The summed E-state index contributed by atoms with van der Waals surface area (Å²) in [6, 6.07) is 2.77. The summed E-state index contributed by atoms with van der Waals surface area (Å²) in [7, 11) is 0. The van der Waals surface area contributed by atoms with Crippen molar-refractivity contribution < 1.29 is 23.4 Å². The zero-order valence-electron chi connectivity index (χ0n) is 12.3. The van der Waals surface area contributed by atoms with Crippen molar-refractivity contribution in [2.24, 2.45) is 0 Å². The SMILES string of the molecule is CC(C)(C)N(C(=O)O)[C@@H](Cc1cc(F)cc(F)c1)C1CO1. The van der Waals surface area contributed by atoms with E-state index < -0.39 is 29.3 Å². The van der Waals surface area contributed by atoms with Crippen molar-refractivity contribution in [3.8, 4) is 0 Å².